The molecule has 0 spiro atoms. The Morgan fingerprint density at radius 2 is 1.43 bits per heavy atom. The second-order valence-corrected chi connectivity index (χ2v) is 11.1. The number of amides is 1. The van der Waals surface area contributed by atoms with Crippen molar-refractivity contribution < 1.29 is 35.9 Å². The minimum Gasteiger partial charge on any atom is -0.439 e. The number of pyridine rings is 1. The smallest absolute Gasteiger partial charge is 0.416 e. The van der Waals surface area contributed by atoms with Gasteiger partial charge < -0.3 is 9.64 Å². The van der Waals surface area contributed by atoms with E-state index in [0.717, 1.165) is 11.3 Å². The van der Waals surface area contributed by atoms with Gasteiger partial charge in [0.25, 0.3) is 0 Å². The number of rotatable bonds is 7. The van der Waals surface area contributed by atoms with Crippen molar-refractivity contribution in [3.63, 3.8) is 0 Å². The van der Waals surface area contributed by atoms with Gasteiger partial charge >= 0.3 is 12.4 Å². The zero-order valence-corrected chi connectivity index (χ0v) is 25.0. The van der Waals surface area contributed by atoms with Crippen LogP contribution >= 0.6 is 0 Å². The van der Waals surface area contributed by atoms with E-state index in [0.29, 0.717) is 29.0 Å². The van der Waals surface area contributed by atoms with Crippen molar-refractivity contribution in [2.75, 3.05) is 11.9 Å². The molecule has 3 aromatic carbocycles. The summed E-state index contributed by atoms with van der Waals surface area (Å²) in [5.41, 5.74) is -2.17. The summed E-state index contributed by atoms with van der Waals surface area (Å²) in [6.07, 6.45) is -5.79. The van der Waals surface area contributed by atoms with E-state index in [1.807, 2.05) is 25.1 Å². The number of carbonyl (C=O) groups excluding carboxylic acids is 1. The molecule has 46 heavy (non-hydrogen) atoms. The van der Waals surface area contributed by atoms with E-state index < -0.39 is 40.4 Å². The van der Waals surface area contributed by atoms with Gasteiger partial charge in [-0.2, -0.15) is 31.4 Å². The van der Waals surface area contributed by atoms with Gasteiger partial charge in [-0.1, -0.05) is 24.3 Å². The summed E-state index contributed by atoms with van der Waals surface area (Å²) < 4.78 is 89.3. The van der Waals surface area contributed by atoms with Gasteiger partial charge in [0.1, 0.15) is 18.4 Å². The lowest BCUT2D eigenvalue weighted by molar-refractivity contribution is -0.143. The van der Waals surface area contributed by atoms with Gasteiger partial charge in [-0.05, 0) is 79.9 Å². The summed E-state index contributed by atoms with van der Waals surface area (Å²) in [4.78, 5) is 23.4. The Balaban J connectivity index is 1.53. The quantitative estimate of drug-likeness (QED) is 0.167. The van der Waals surface area contributed by atoms with E-state index in [4.69, 9.17) is 4.74 Å². The normalized spacial score (nSPS) is 12.2. The van der Waals surface area contributed by atoms with E-state index in [-0.39, 0.29) is 17.6 Å². The average molecular weight is 640 g/mol. The topological polar surface area (TPSA) is 73.1 Å². The standard InChI is InChI=1S/C33H27F6N5O2/c1-20-7-5-6-8-26(20)27-16-29(46-25-11-9-24(10-12-25)44-19-40-18-42-44)41-17-28(27)43(4)30(45)31(2,3)21-13-22(32(34,35)36)15-23(14-21)33(37,38)39/h5-19H,1-4H3. The molecule has 7 nitrogen and oxygen atoms in total. The number of alkyl halides is 6. The van der Waals surface area contributed by atoms with E-state index >= 15 is 0 Å². The zero-order valence-electron chi connectivity index (χ0n) is 25.0. The van der Waals surface area contributed by atoms with Crippen molar-refractivity contribution in [3.05, 3.63) is 114 Å². The molecule has 0 aliphatic carbocycles. The Morgan fingerprint density at radius 3 is 2.00 bits per heavy atom. The van der Waals surface area contributed by atoms with Gasteiger partial charge in [-0.25, -0.2) is 14.6 Å². The lowest BCUT2D eigenvalue weighted by Crippen LogP contribution is -2.42. The maximum atomic E-state index is 14.0. The number of hydrogen-bond acceptors (Lipinski definition) is 5. The third-order valence-corrected chi connectivity index (χ3v) is 7.55. The number of ether oxygens (including phenoxy) is 1. The molecule has 0 bridgehead atoms. The molecule has 13 heteroatoms. The minimum atomic E-state index is -5.06. The largest absolute Gasteiger partial charge is 0.439 e. The molecule has 0 aliphatic rings. The summed E-state index contributed by atoms with van der Waals surface area (Å²) in [5.74, 6) is -0.118. The fraction of sp³-hybridized carbons (Fsp3) is 0.212. The van der Waals surface area contributed by atoms with Crippen molar-refractivity contribution in [3.8, 4) is 28.4 Å². The van der Waals surface area contributed by atoms with Gasteiger partial charge in [-0.3, -0.25) is 4.79 Å². The lowest BCUT2D eigenvalue weighted by Gasteiger charge is -2.32. The van der Waals surface area contributed by atoms with Crippen molar-refractivity contribution in [2.24, 2.45) is 0 Å². The van der Waals surface area contributed by atoms with Crippen LogP contribution in [-0.4, -0.2) is 32.7 Å². The first-order valence-corrected chi connectivity index (χ1v) is 13.8. The maximum Gasteiger partial charge on any atom is 0.416 e. The zero-order chi connectivity index (χ0) is 33.4. The predicted octanol–water partition coefficient (Wildman–Crippen LogP) is 8.41. The molecule has 2 heterocycles. The molecular formula is C33H27F6N5O2. The second-order valence-electron chi connectivity index (χ2n) is 11.1. The number of carbonyl (C=O) groups is 1. The molecule has 5 aromatic rings. The van der Waals surface area contributed by atoms with Crippen LogP contribution < -0.4 is 9.64 Å². The van der Waals surface area contributed by atoms with Crippen LogP contribution in [0.2, 0.25) is 0 Å². The molecule has 0 unspecified atom stereocenters. The Bertz CT molecular complexity index is 1840. The van der Waals surface area contributed by atoms with Gasteiger partial charge in [0, 0.05) is 18.7 Å². The van der Waals surface area contributed by atoms with E-state index in [1.165, 1.54) is 38.3 Å². The summed E-state index contributed by atoms with van der Waals surface area (Å²) in [6.45, 7) is 4.42. The Hall–Kier alpha value is -5.20. The van der Waals surface area contributed by atoms with E-state index in [2.05, 4.69) is 15.1 Å². The van der Waals surface area contributed by atoms with Crippen LogP contribution in [0.15, 0.2) is 91.6 Å². The fourth-order valence-corrected chi connectivity index (χ4v) is 4.94. The van der Waals surface area contributed by atoms with Crippen molar-refractivity contribution in [2.45, 2.75) is 38.5 Å². The summed E-state index contributed by atoms with van der Waals surface area (Å²) in [5, 5.41) is 4.08. The summed E-state index contributed by atoms with van der Waals surface area (Å²) >= 11 is 0. The van der Waals surface area contributed by atoms with Crippen LogP contribution in [0, 0.1) is 6.92 Å². The molecule has 0 saturated carbocycles. The van der Waals surface area contributed by atoms with Crippen LogP contribution in [0.25, 0.3) is 16.8 Å². The van der Waals surface area contributed by atoms with Crippen molar-refractivity contribution >= 4 is 11.6 Å². The van der Waals surface area contributed by atoms with Crippen LogP contribution in [0.4, 0.5) is 32.0 Å². The molecule has 0 fully saturated rings. The van der Waals surface area contributed by atoms with Crippen LogP contribution in [0.5, 0.6) is 11.6 Å². The number of likely N-dealkylation sites (N-methyl/N-ethyl adjacent to an activating group) is 1. The number of hydrogen-bond donors (Lipinski definition) is 0. The molecule has 0 saturated heterocycles. The number of nitrogens with zero attached hydrogens (tertiary/aromatic N) is 5. The third-order valence-electron chi connectivity index (χ3n) is 7.55. The Morgan fingerprint density at radius 1 is 0.826 bits per heavy atom. The minimum absolute atomic E-state index is 0.0366. The molecule has 0 N–H and O–H groups in total. The van der Waals surface area contributed by atoms with Crippen LogP contribution in [-0.2, 0) is 22.6 Å². The molecular weight excluding hydrogens is 612 g/mol. The molecule has 1 amide bonds. The fourth-order valence-electron chi connectivity index (χ4n) is 4.94. The molecule has 0 aliphatic heterocycles. The van der Waals surface area contributed by atoms with E-state index in [9.17, 15) is 31.1 Å². The maximum absolute atomic E-state index is 14.0. The Labute approximate surface area is 260 Å². The number of halogens is 6. The first-order valence-electron chi connectivity index (χ1n) is 13.8. The second kappa shape index (κ2) is 12.0. The van der Waals surface area contributed by atoms with Crippen molar-refractivity contribution in [1.29, 1.82) is 0 Å². The van der Waals surface area contributed by atoms with Gasteiger partial charge in [-0.15, -0.1) is 0 Å². The first kappa shape index (κ1) is 32.2. The molecule has 0 radical (unpaired) electrons. The SMILES string of the molecule is Cc1ccccc1-c1cc(Oc2ccc(-n3cncn3)cc2)ncc1N(C)C(=O)C(C)(C)c1cc(C(F)(F)F)cc(C(F)(F)F)c1. The number of anilines is 1. The van der Waals surface area contributed by atoms with Gasteiger partial charge in [0.05, 0.1) is 34.1 Å². The van der Waals surface area contributed by atoms with Gasteiger partial charge in [0.2, 0.25) is 11.8 Å². The van der Waals surface area contributed by atoms with Gasteiger partial charge in [0.15, 0.2) is 0 Å². The monoisotopic (exact) mass is 639 g/mol. The summed E-state index contributed by atoms with van der Waals surface area (Å²) in [6, 6.07) is 17.1. The number of benzene rings is 3. The van der Waals surface area contributed by atoms with Crippen LogP contribution in [0.3, 0.4) is 0 Å². The highest BCUT2D eigenvalue weighted by Crippen LogP contribution is 2.41. The molecule has 238 valence electrons. The summed E-state index contributed by atoms with van der Waals surface area (Å²) in [7, 11) is 1.39. The van der Waals surface area contributed by atoms with Crippen molar-refractivity contribution in [1.82, 2.24) is 19.7 Å². The third kappa shape index (κ3) is 6.58. The molecule has 5 rings (SSSR count). The van der Waals surface area contributed by atoms with Crippen LogP contribution in [0.1, 0.15) is 36.1 Å². The highest BCUT2D eigenvalue weighted by atomic mass is 19.4. The highest BCUT2D eigenvalue weighted by molar-refractivity contribution is 6.03. The first-order chi connectivity index (χ1) is 21.6. The molecule has 2 aromatic heterocycles. The Kier molecular flexibility index (Phi) is 8.37. The highest BCUT2D eigenvalue weighted by Gasteiger charge is 2.41. The number of aryl methyl sites for hydroxylation is 1. The number of aromatic nitrogens is 4. The predicted molar refractivity (Wildman–Crippen MR) is 159 cm³/mol. The molecule has 0 atom stereocenters. The lowest BCUT2D eigenvalue weighted by atomic mass is 9.81. The van der Waals surface area contributed by atoms with E-state index in [1.54, 1.807) is 47.4 Å². The average Bonchev–Trinajstić information content (AvgIpc) is 3.55.